The highest BCUT2D eigenvalue weighted by Crippen LogP contribution is 2.05. The fourth-order valence-corrected chi connectivity index (χ4v) is 2.26. The average Bonchev–Trinajstić information content (AvgIpc) is 2.05. The van der Waals surface area contributed by atoms with Gasteiger partial charge in [0.1, 0.15) is 0 Å². The number of sulfonamides is 1. The second kappa shape index (κ2) is 5.90. The monoisotopic (exact) mass is 242 g/mol. The Kier molecular flexibility index (Phi) is 5.97. The predicted octanol–water partition coefficient (Wildman–Crippen LogP) is 0.488. The summed E-state index contributed by atoms with van der Waals surface area (Å²) in [5.41, 5.74) is 0. The topological polar surface area (TPSA) is 58.2 Å². The van der Waals surface area contributed by atoms with E-state index in [2.05, 4.69) is 10.0 Å². The second-order valence-electron chi connectivity index (χ2n) is 3.75. The van der Waals surface area contributed by atoms with E-state index >= 15 is 0 Å². The van der Waals surface area contributed by atoms with Crippen LogP contribution in [0.25, 0.3) is 0 Å². The van der Waals surface area contributed by atoms with Crippen LogP contribution in [0.15, 0.2) is 0 Å². The lowest BCUT2D eigenvalue weighted by Gasteiger charge is -2.24. The largest absolute Gasteiger partial charge is 0.315 e. The second-order valence-corrected chi connectivity index (χ2v) is 6.02. The molecule has 0 spiro atoms. The van der Waals surface area contributed by atoms with Gasteiger partial charge in [-0.25, -0.2) is 13.1 Å². The van der Waals surface area contributed by atoms with E-state index in [4.69, 9.17) is 0 Å². The Hall–Kier alpha value is 0.160. The van der Waals surface area contributed by atoms with Gasteiger partial charge in [-0.2, -0.15) is 0 Å². The van der Waals surface area contributed by atoms with Gasteiger partial charge in [0.25, 0.3) is 0 Å². The third kappa shape index (κ3) is 4.13. The van der Waals surface area contributed by atoms with Crippen LogP contribution in [0, 0.1) is 0 Å². The van der Waals surface area contributed by atoms with Gasteiger partial charge >= 0.3 is 0 Å². The van der Waals surface area contributed by atoms with E-state index in [0.717, 1.165) is 25.9 Å². The molecule has 4 nitrogen and oxygen atoms in total. The predicted molar refractivity (Wildman–Crippen MR) is 60.3 cm³/mol. The van der Waals surface area contributed by atoms with Crippen molar-refractivity contribution in [3.63, 3.8) is 0 Å². The van der Waals surface area contributed by atoms with E-state index < -0.39 is 10.0 Å². The van der Waals surface area contributed by atoms with Gasteiger partial charge in [0.15, 0.2) is 0 Å². The minimum absolute atomic E-state index is 0. The summed E-state index contributed by atoms with van der Waals surface area (Å²) >= 11 is 0. The molecule has 1 aliphatic heterocycles. The lowest BCUT2D eigenvalue weighted by atomic mass is 10.1. The van der Waals surface area contributed by atoms with Crippen LogP contribution in [0.4, 0.5) is 0 Å². The minimum atomic E-state index is -3.09. The van der Waals surface area contributed by atoms with E-state index in [1.165, 1.54) is 0 Å². The molecule has 0 radical (unpaired) electrons. The molecular weight excluding hydrogens is 224 g/mol. The van der Waals surface area contributed by atoms with Crippen LogP contribution < -0.4 is 10.0 Å². The lowest BCUT2D eigenvalue weighted by Crippen LogP contribution is -2.47. The number of nitrogens with one attached hydrogen (secondary N) is 2. The molecule has 0 bridgehead atoms. The summed E-state index contributed by atoms with van der Waals surface area (Å²) in [4.78, 5) is 0. The highest BCUT2D eigenvalue weighted by atomic mass is 35.5. The third-order valence-electron chi connectivity index (χ3n) is 2.25. The molecule has 0 aromatic carbocycles. The van der Waals surface area contributed by atoms with Crippen LogP contribution in [0.2, 0.25) is 0 Å². The van der Waals surface area contributed by atoms with Gasteiger partial charge < -0.3 is 5.32 Å². The summed E-state index contributed by atoms with van der Waals surface area (Å²) in [5, 5.41) is 2.83. The number of rotatable bonds is 3. The van der Waals surface area contributed by atoms with Crippen molar-refractivity contribution in [2.75, 3.05) is 13.1 Å². The molecule has 1 rings (SSSR count). The van der Waals surface area contributed by atoms with E-state index in [9.17, 15) is 8.42 Å². The Bertz CT molecular complexity index is 248. The Morgan fingerprint density at radius 1 is 1.43 bits per heavy atom. The number of piperidine rings is 1. The highest BCUT2D eigenvalue weighted by molar-refractivity contribution is 7.90. The minimum Gasteiger partial charge on any atom is -0.315 e. The molecule has 2 N–H and O–H groups in total. The number of hydrogen-bond donors (Lipinski definition) is 2. The summed E-state index contributed by atoms with van der Waals surface area (Å²) in [7, 11) is -3.09. The fourth-order valence-electron chi connectivity index (χ4n) is 1.32. The van der Waals surface area contributed by atoms with Crippen LogP contribution >= 0.6 is 12.4 Å². The van der Waals surface area contributed by atoms with Gasteiger partial charge in [-0.15, -0.1) is 12.4 Å². The van der Waals surface area contributed by atoms with Gasteiger partial charge in [0.05, 0.1) is 5.25 Å². The zero-order valence-corrected chi connectivity index (χ0v) is 10.2. The first-order valence-corrected chi connectivity index (χ1v) is 6.29. The van der Waals surface area contributed by atoms with Crippen LogP contribution in [-0.4, -0.2) is 32.8 Å². The molecule has 1 atom stereocenters. The summed E-state index contributed by atoms with van der Waals surface area (Å²) in [6.07, 6.45) is 1.99. The Morgan fingerprint density at radius 3 is 2.50 bits per heavy atom. The van der Waals surface area contributed by atoms with Crippen LogP contribution in [0.5, 0.6) is 0 Å². The van der Waals surface area contributed by atoms with E-state index in [0.29, 0.717) is 0 Å². The molecular formula is C8H19ClN2O2S. The first-order valence-electron chi connectivity index (χ1n) is 4.74. The highest BCUT2D eigenvalue weighted by Gasteiger charge is 2.22. The van der Waals surface area contributed by atoms with E-state index in [-0.39, 0.29) is 23.7 Å². The van der Waals surface area contributed by atoms with Gasteiger partial charge in [-0.1, -0.05) is 0 Å². The maximum absolute atomic E-state index is 11.5. The van der Waals surface area contributed by atoms with Gasteiger partial charge in [0.2, 0.25) is 10.0 Å². The van der Waals surface area contributed by atoms with Crippen molar-refractivity contribution in [1.29, 1.82) is 0 Å². The normalized spacial score (nSPS) is 23.2. The van der Waals surface area contributed by atoms with Crippen molar-refractivity contribution in [2.24, 2.45) is 0 Å². The zero-order chi connectivity index (χ0) is 9.90. The molecule has 0 aromatic heterocycles. The fraction of sp³-hybridized carbons (Fsp3) is 1.00. The van der Waals surface area contributed by atoms with E-state index in [1.807, 2.05) is 0 Å². The maximum Gasteiger partial charge on any atom is 0.214 e. The molecule has 1 heterocycles. The van der Waals surface area contributed by atoms with Crippen LogP contribution in [-0.2, 0) is 10.0 Å². The summed E-state index contributed by atoms with van der Waals surface area (Å²) < 4.78 is 25.6. The zero-order valence-electron chi connectivity index (χ0n) is 8.62. The molecule has 0 saturated carbocycles. The number of halogens is 1. The SMILES string of the molecule is CC(C)S(=O)(=O)N[C@@H]1CCCNC1.Cl. The molecule has 1 saturated heterocycles. The molecule has 86 valence electrons. The first kappa shape index (κ1) is 14.2. The van der Waals surface area contributed by atoms with Crippen molar-refractivity contribution in [2.45, 2.75) is 38.0 Å². The van der Waals surface area contributed by atoms with Gasteiger partial charge in [-0.3, -0.25) is 0 Å². The van der Waals surface area contributed by atoms with Crippen molar-refractivity contribution < 1.29 is 8.42 Å². The number of hydrogen-bond acceptors (Lipinski definition) is 3. The smallest absolute Gasteiger partial charge is 0.214 e. The molecule has 1 fully saturated rings. The Balaban J connectivity index is 0.00000169. The Labute approximate surface area is 92.3 Å². The summed E-state index contributed by atoms with van der Waals surface area (Å²) in [6, 6.07) is 0.0844. The molecule has 6 heteroatoms. The third-order valence-corrected chi connectivity index (χ3v) is 4.15. The van der Waals surface area contributed by atoms with Gasteiger partial charge in [0, 0.05) is 12.6 Å². The average molecular weight is 243 g/mol. The summed E-state index contributed by atoms with van der Waals surface area (Å²) in [5.74, 6) is 0. The van der Waals surface area contributed by atoms with Crippen LogP contribution in [0.3, 0.4) is 0 Å². The molecule has 0 amide bonds. The summed E-state index contributed by atoms with van der Waals surface area (Å²) in [6.45, 7) is 5.14. The Morgan fingerprint density at radius 2 is 2.07 bits per heavy atom. The van der Waals surface area contributed by atoms with Crippen molar-refractivity contribution in [3.8, 4) is 0 Å². The van der Waals surface area contributed by atoms with Crippen molar-refractivity contribution in [3.05, 3.63) is 0 Å². The molecule has 0 unspecified atom stereocenters. The van der Waals surface area contributed by atoms with Gasteiger partial charge in [-0.05, 0) is 33.2 Å². The molecule has 0 aromatic rings. The molecule has 1 aliphatic rings. The molecule has 14 heavy (non-hydrogen) atoms. The van der Waals surface area contributed by atoms with Crippen molar-refractivity contribution in [1.82, 2.24) is 10.0 Å². The lowest BCUT2D eigenvalue weighted by molar-refractivity contribution is 0.427. The van der Waals surface area contributed by atoms with Crippen molar-refractivity contribution >= 4 is 22.4 Å². The standard InChI is InChI=1S/C8H18N2O2S.ClH/c1-7(2)13(11,12)10-8-4-3-5-9-6-8;/h7-10H,3-6H2,1-2H3;1H/t8-;/m1./s1. The van der Waals surface area contributed by atoms with Crippen LogP contribution in [0.1, 0.15) is 26.7 Å². The van der Waals surface area contributed by atoms with E-state index in [1.54, 1.807) is 13.8 Å². The maximum atomic E-state index is 11.5. The molecule has 0 aliphatic carbocycles. The first-order chi connectivity index (χ1) is 6.02. The quantitative estimate of drug-likeness (QED) is 0.757.